The standard InChI is InChI=1S/C14H17FN2OS/c1-8-6-13(19-9(8)2)14(17-16)11-7-10(15)4-5-12(11)18-3/h4-7,14,17H,16H2,1-3H3. The van der Waals surface area contributed by atoms with Crippen molar-refractivity contribution in [2.24, 2.45) is 5.84 Å². The molecule has 0 amide bonds. The van der Waals surface area contributed by atoms with Crippen molar-refractivity contribution in [3.8, 4) is 5.75 Å². The molecule has 2 aromatic rings. The number of thiophene rings is 1. The van der Waals surface area contributed by atoms with E-state index in [1.165, 1.54) is 22.6 Å². The van der Waals surface area contributed by atoms with E-state index in [-0.39, 0.29) is 11.9 Å². The minimum atomic E-state index is -0.305. The van der Waals surface area contributed by atoms with Gasteiger partial charge in [0.1, 0.15) is 11.6 Å². The van der Waals surface area contributed by atoms with Gasteiger partial charge in [-0.3, -0.25) is 5.84 Å². The molecule has 0 aliphatic rings. The number of halogens is 1. The summed E-state index contributed by atoms with van der Waals surface area (Å²) in [4.78, 5) is 2.27. The van der Waals surface area contributed by atoms with Gasteiger partial charge >= 0.3 is 0 Å². The van der Waals surface area contributed by atoms with Gasteiger partial charge in [0.15, 0.2) is 0 Å². The minimum absolute atomic E-state index is 0.275. The van der Waals surface area contributed by atoms with Crippen molar-refractivity contribution >= 4 is 11.3 Å². The van der Waals surface area contributed by atoms with Crippen LogP contribution in [0.4, 0.5) is 4.39 Å². The number of hydrogen-bond donors (Lipinski definition) is 2. The topological polar surface area (TPSA) is 47.3 Å². The number of nitrogens with one attached hydrogen (secondary N) is 1. The Bertz CT molecular complexity index is 563. The van der Waals surface area contributed by atoms with Crippen molar-refractivity contribution in [2.45, 2.75) is 19.9 Å². The second-order valence-corrected chi connectivity index (χ2v) is 5.66. The molecule has 0 aliphatic carbocycles. The fourth-order valence-electron chi connectivity index (χ4n) is 2.00. The predicted octanol–water partition coefficient (Wildman–Crippen LogP) is 3.07. The van der Waals surface area contributed by atoms with E-state index in [1.54, 1.807) is 24.5 Å². The molecule has 102 valence electrons. The second-order valence-electron chi connectivity index (χ2n) is 4.37. The van der Waals surface area contributed by atoms with Gasteiger partial charge in [-0.15, -0.1) is 11.3 Å². The summed E-state index contributed by atoms with van der Waals surface area (Å²) < 4.78 is 18.7. The molecular formula is C14H17FN2OS. The highest BCUT2D eigenvalue weighted by Gasteiger charge is 2.20. The first-order valence-corrected chi connectivity index (χ1v) is 6.75. The number of hydrogen-bond acceptors (Lipinski definition) is 4. The molecule has 0 bridgehead atoms. The highest BCUT2D eigenvalue weighted by atomic mass is 32.1. The van der Waals surface area contributed by atoms with E-state index in [4.69, 9.17) is 10.6 Å². The second kappa shape index (κ2) is 5.69. The van der Waals surface area contributed by atoms with Gasteiger partial charge in [-0.1, -0.05) is 0 Å². The summed E-state index contributed by atoms with van der Waals surface area (Å²) in [7, 11) is 1.56. The zero-order chi connectivity index (χ0) is 14.0. The summed E-state index contributed by atoms with van der Waals surface area (Å²) in [5, 5.41) is 0. The molecule has 0 saturated heterocycles. The average molecular weight is 280 g/mol. The van der Waals surface area contributed by atoms with Crippen molar-refractivity contribution in [1.29, 1.82) is 0 Å². The number of nitrogens with two attached hydrogens (primary N) is 1. The Kier molecular flexibility index (Phi) is 4.19. The number of benzene rings is 1. The number of hydrazine groups is 1. The SMILES string of the molecule is COc1ccc(F)cc1C(NN)c1cc(C)c(C)s1. The van der Waals surface area contributed by atoms with Crippen LogP contribution >= 0.6 is 11.3 Å². The summed E-state index contributed by atoms with van der Waals surface area (Å²) >= 11 is 1.65. The molecule has 1 unspecified atom stereocenters. The fraction of sp³-hybridized carbons (Fsp3) is 0.286. The lowest BCUT2D eigenvalue weighted by molar-refractivity contribution is 0.403. The molecule has 1 heterocycles. The number of aryl methyl sites for hydroxylation is 2. The quantitative estimate of drug-likeness (QED) is 0.668. The Morgan fingerprint density at radius 3 is 2.58 bits per heavy atom. The van der Waals surface area contributed by atoms with Gasteiger partial charge in [0, 0.05) is 15.3 Å². The molecule has 1 aromatic heterocycles. The molecule has 2 rings (SSSR count). The smallest absolute Gasteiger partial charge is 0.124 e. The lowest BCUT2D eigenvalue weighted by Crippen LogP contribution is -2.28. The highest BCUT2D eigenvalue weighted by Crippen LogP contribution is 2.34. The Morgan fingerprint density at radius 2 is 2.05 bits per heavy atom. The van der Waals surface area contributed by atoms with Crippen LogP contribution in [0.2, 0.25) is 0 Å². The Morgan fingerprint density at radius 1 is 1.32 bits per heavy atom. The summed E-state index contributed by atoms with van der Waals surface area (Å²) in [5.41, 5.74) is 4.65. The molecule has 0 fully saturated rings. The number of ether oxygens (including phenoxy) is 1. The van der Waals surface area contributed by atoms with Gasteiger partial charge in [-0.25, -0.2) is 9.82 Å². The summed E-state index contributed by atoms with van der Waals surface area (Å²) in [6.07, 6.45) is 0. The van der Waals surface area contributed by atoms with E-state index >= 15 is 0 Å². The molecule has 5 heteroatoms. The molecule has 1 atom stereocenters. The van der Waals surface area contributed by atoms with Gasteiger partial charge in [0.2, 0.25) is 0 Å². The largest absolute Gasteiger partial charge is 0.496 e. The maximum atomic E-state index is 13.5. The van der Waals surface area contributed by atoms with E-state index in [0.29, 0.717) is 11.3 Å². The first-order chi connectivity index (χ1) is 9.06. The fourth-order valence-corrected chi connectivity index (χ4v) is 3.12. The van der Waals surface area contributed by atoms with E-state index < -0.39 is 0 Å². The zero-order valence-corrected chi connectivity index (χ0v) is 12.0. The summed E-state index contributed by atoms with van der Waals surface area (Å²) in [6.45, 7) is 4.10. The molecule has 0 radical (unpaired) electrons. The van der Waals surface area contributed by atoms with Gasteiger partial charge in [0.25, 0.3) is 0 Å². The van der Waals surface area contributed by atoms with Crippen LogP contribution < -0.4 is 16.0 Å². The van der Waals surface area contributed by atoms with Crippen molar-refractivity contribution in [3.63, 3.8) is 0 Å². The van der Waals surface area contributed by atoms with Gasteiger partial charge in [-0.2, -0.15) is 0 Å². The molecule has 1 aromatic carbocycles. The van der Waals surface area contributed by atoms with Crippen LogP contribution in [0.15, 0.2) is 24.3 Å². The van der Waals surface area contributed by atoms with E-state index in [0.717, 1.165) is 4.88 Å². The van der Waals surface area contributed by atoms with E-state index in [9.17, 15) is 4.39 Å². The molecule has 0 aliphatic heterocycles. The highest BCUT2D eigenvalue weighted by molar-refractivity contribution is 7.12. The van der Waals surface area contributed by atoms with Crippen LogP contribution in [-0.2, 0) is 0 Å². The van der Waals surface area contributed by atoms with Crippen molar-refractivity contribution in [1.82, 2.24) is 5.43 Å². The molecule has 3 nitrogen and oxygen atoms in total. The average Bonchev–Trinajstić information content (AvgIpc) is 2.70. The Labute approximate surface area is 116 Å². The number of rotatable bonds is 4. The minimum Gasteiger partial charge on any atom is -0.496 e. The first-order valence-electron chi connectivity index (χ1n) is 5.93. The summed E-state index contributed by atoms with van der Waals surface area (Å²) in [5.74, 6) is 5.96. The van der Waals surface area contributed by atoms with Crippen LogP contribution in [-0.4, -0.2) is 7.11 Å². The molecular weight excluding hydrogens is 263 g/mol. The van der Waals surface area contributed by atoms with Crippen LogP contribution in [0.3, 0.4) is 0 Å². The van der Waals surface area contributed by atoms with Gasteiger partial charge in [-0.05, 0) is 43.7 Å². The van der Waals surface area contributed by atoms with Crippen molar-refractivity contribution < 1.29 is 9.13 Å². The number of methoxy groups -OCH3 is 1. The summed E-state index contributed by atoms with van der Waals surface area (Å²) in [6, 6.07) is 6.23. The third-order valence-electron chi connectivity index (χ3n) is 3.14. The van der Waals surface area contributed by atoms with Crippen LogP contribution in [0, 0.1) is 19.7 Å². The van der Waals surface area contributed by atoms with Crippen molar-refractivity contribution in [3.05, 3.63) is 51.0 Å². The van der Waals surface area contributed by atoms with Crippen LogP contribution in [0.1, 0.15) is 26.9 Å². The normalized spacial score (nSPS) is 12.5. The Hall–Kier alpha value is -1.43. The molecule has 19 heavy (non-hydrogen) atoms. The molecule has 0 saturated carbocycles. The monoisotopic (exact) mass is 280 g/mol. The maximum absolute atomic E-state index is 13.5. The predicted molar refractivity (Wildman–Crippen MR) is 75.9 cm³/mol. The van der Waals surface area contributed by atoms with Crippen LogP contribution in [0.25, 0.3) is 0 Å². The molecule has 0 spiro atoms. The maximum Gasteiger partial charge on any atom is 0.124 e. The van der Waals surface area contributed by atoms with Crippen molar-refractivity contribution in [2.75, 3.05) is 7.11 Å². The third kappa shape index (κ3) is 2.78. The van der Waals surface area contributed by atoms with E-state index in [1.807, 2.05) is 6.92 Å². The molecule has 3 N–H and O–H groups in total. The van der Waals surface area contributed by atoms with E-state index in [2.05, 4.69) is 18.4 Å². The Balaban J connectivity index is 2.50. The lowest BCUT2D eigenvalue weighted by atomic mass is 10.0. The lowest BCUT2D eigenvalue weighted by Gasteiger charge is -2.18. The first kappa shape index (κ1) is 14.0. The van der Waals surface area contributed by atoms with Gasteiger partial charge in [0.05, 0.1) is 13.2 Å². The third-order valence-corrected chi connectivity index (χ3v) is 4.36. The zero-order valence-electron chi connectivity index (χ0n) is 11.2. The van der Waals surface area contributed by atoms with Crippen LogP contribution in [0.5, 0.6) is 5.75 Å². The van der Waals surface area contributed by atoms with Gasteiger partial charge < -0.3 is 4.74 Å².